The molecule has 0 radical (unpaired) electrons. The van der Waals surface area contributed by atoms with Crippen LogP contribution in [0.5, 0.6) is 5.75 Å². The molecular formula is C22H26N2O4. The number of piperidine rings is 1. The molecule has 1 aromatic carbocycles. The fourth-order valence-corrected chi connectivity index (χ4v) is 3.89. The van der Waals surface area contributed by atoms with Gasteiger partial charge < -0.3 is 18.9 Å². The van der Waals surface area contributed by atoms with Crippen molar-refractivity contribution < 1.29 is 18.4 Å². The van der Waals surface area contributed by atoms with Crippen molar-refractivity contribution in [1.82, 2.24) is 10.2 Å². The lowest BCUT2D eigenvalue weighted by atomic mass is 10.1. The normalized spacial score (nSPS) is 16.2. The summed E-state index contributed by atoms with van der Waals surface area (Å²) < 4.78 is 16.5. The molecule has 6 heteroatoms. The number of carbonyl (C=O) groups excluding carboxylic acids is 1. The van der Waals surface area contributed by atoms with E-state index in [1.54, 1.807) is 19.6 Å². The monoisotopic (exact) mass is 382 g/mol. The van der Waals surface area contributed by atoms with Gasteiger partial charge in [-0.2, -0.15) is 0 Å². The molecule has 28 heavy (non-hydrogen) atoms. The number of methoxy groups -OCH3 is 1. The molecule has 1 aliphatic rings. The Morgan fingerprint density at radius 1 is 1.21 bits per heavy atom. The third-order valence-corrected chi connectivity index (χ3v) is 5.41. The summed E-state index contributed by atoms with van der Waals surface area (Å²) in [5, 5.41) is 4.03. The second-order valence-corrected chi connectivity index (χ2v) is 7.23. The molecule has 0 bridgehead atoms. The molecule has 148 valence electrons. The topological polar surface area (TPSA) is 67.8 Å². The number of furan rings is 2. The number of fused-ring (bicyclic) bond motifs is 1. The Morgan fingerprint density at radius 2 is 2.07 bits per heavy atom. The number of nitrogens with one attached hydrogen (secondary N) is 1. The van der Waals surface area contributed by atoms with Crippen molar-refractivity contribution in [2.45, 2.75) is 31.7 Å². The first-order chi connectivity index (χ1) is 13.7. The lowest BCUT2D eigenvalue weighted by Crippen LogP contribution is -2.40. The fraction of sp³-hybridized carbons (Fsp3) is 0.409. The minimum absolute atomic E-state index is 0.0212. The van der Waals surface area contributed by atoms with Crippen LogP contribution in [0.2, 0.25) is 0 Å². The molecule has 2 aromatic heterocycles. The van der Waals surface area contributed by atoms with Gasteiger partial charge in [-0.25, -0.2) is 0 Å². The van der Waals surface area contributed by atoms with E-state index in [9.17, 15) is 4.79 Å². The van der Waals surface area contributed by atoms with Crippen molar-refractivity contribution in [3.8, 4) is 5.75 Å². The van der Waals surface area contributed by atoms with Crippen LogP contribution in [0.3, 0.4) is 0 Å². The summed E-state index contributed by atoms with van der Waals surface area (Å²) in [5.41, 5.74) is 1.60. The SMILES string of the molecule is COc1ccc2c(CC(=O)NC[C@H](c3ccco3)N3CCCCC3)coc2c1. The van der Waals surface area contributed by atoms with Crippen LogP contribution >= 0.6 is 0 Å². The van der Waals surface area contributed by atoms with E-state index in [2.05, 4.69) is 10.2 Å². The Balaban J connectivity index is 1.41. The zero-order valence-electron chi connectivity index (χ0n) is 16.1. The minimum atomic E-state index is -0.0212. The van der Waals surface area contributed by atoms with E-state index >= 15 is 0 Å². The van der Waals surface area contributed by atoms with Gasteiger partial charge in [-0.05, 0) is 50.2 Å². The molecule has 3 aromatic rings. The number of benzene rings is 1. The summed E-state index contributed by atoms with van der Waals surface area (Å²) in [4.78, 5) is 15.0. The average Bonchev–Trinajstić information content (AvgIpc) is 3.39. The second kappa shape index (κ2) is 8.52. The van der Waals surface area contributed by atoms with Gasteiger partial charge in [0.25, 0.3) is 0 Å². The van der Waals surface area contributed by atoms with Crippen LogP contribution in [-0.2, 0) is 11.2 Å². The van der Waals surface area contributed by atoms with Gasteiger partial charge in [0.1, 0.15) is 17.1 Å². The summed E-state index contributed by atoms with van der Waals surface area (Å²) in [6.07, 6.45) is 7.28. The van der Waals surface area contributed by atoms with E-state index in [1.165, 1.54) is 19.3 Å². The van der Waals surface area contributed by atoms with Crippen molar-refractivity contribution >= 4 is 16.9 Å². The smallest absolute Gasteiger partial charge is 0.224 e. The summed E-state index contributed by atoms with van der Waals surface area (Å²) >= 11 is 0. The Morgan fingerprint density at radius 3 is 2.82 bits per heavy atom. The van der Waals surface area contributed by atoms with E-state index in [4.69, 9.17) is 13.6 Å². The molecule has 1 fully saturated rings. The summed E-state index contributed by atoms with van der Waals surface area (Å²) in [6.45, 7) is 2.61. The van der Waals surface area contributed by atoms with Gasteiger partial charge in [-0.1, -0.05) is 6.42 Å². The quantitative estimate of drug-likeness (QED) is 0.671. The fourth-order valence-electron chi connectivity index (χ4n) is 3.89. The average molecular weight is 382 g/mol. The summed E-state index contributed by atoms with van der Waals surface area (Å²) in [6, 6.07) is 9.61. The largest absolute Gasteiger partial charge is 0.497 e. The molecule has 1 saturated heterocycles. The van der Waals surface area contributed by atoms with E-state index in [0.29, 0.717) is 6.54 Å². The maximum atomic E-state index is 12.6. The maximum Gasteiger partial charge on any atom is 0.224 e. The van der Waals surface area contributed by atoms with Crippen LogP contribution in [0.1, 0.15) is 36.6 Å². The van der Waals surface area contributed by atoms with Crippen LogP contribution in [0.4, 0.5) is 0 Å². The van der Waals surface area contributed by atoms with Gasteiger partial charge in [-0.15, -0.1) is 0 Å². The molecule has 1 atom stereocenters. The molecule has 1 aliphatic heterocycles. The van der Waals surface area contributed by atoms with Crippen molar-refractivity contribution in [2.24, 2.45) is 0 Å². The van der Waals surface area contributed by atoms with E-state index in [-0.39, 0.29) is 18.4 Å². The Kier molecular flexibility index (Phi) is 5.67. The number of nitrogens with zero attached hydrogens (tertiary/aromatic N) is 1. The van der Waals surface area contributed by atoms with Crippen molar-refractivity contribution in [1.29, 1.82) is 0 Å². The molecule has 6 nitrogen and oxygen atoms in total. The molecule has 0 spiro atoms. The zero-order valence-corrected chi connectivity index (χ0v) is 16.1. The molecule has 0 saturated carbocycles. The Bertz CT molecular complexity index is 910. The molecule has 1 N–H and O–H groups in total. The van der Waals surface area contributed by atoms with Gasteiger partial charge in [0, 0.05) is 23.6 Å². The highest BCUT2D eigenvalue weighted by atomic mass is 16.5. The van der Waals surface area contributed by atoms with Gasteiger partial charge >= 0.3 is 0 Å². The highest BCUT2D eigenvalue weighted by molar-refractivity contribution is 5.88. The molecule has 3 heterocycles. The molecule has 1 amide bonds. The van der Waals surface area contributed by atoms with Crippen molar-refractivity contribution in [3.05, 3.63) is 54.2 Å². The third-order valence-electron chi connectivity index (χ3n) is 5.41. The molecule has 0 aliphatic carbocycles. The molecule has 0 unspecified atom stereocenters. The number of carbonyl (C=O) groups is 1. The van der Waals surface area contributed by atoms with Crippen molar-refractivity contribution in [3.63, 3.8) is 0 Å². The van der Waals surface area contributed by atoms with Crippen LogP contribution in [0, 0.1) is 0 Å². The first-order valence-corrected chi connectivity index (χ1v) is 9.83. The van der Waals surface area contributed by atoms with E-state index < -0.39 is 0 Å². The second-order valence-electron chi connectivity index (χ2n) is 7.23. The lowest BCUT2D eigenvalue weighted by molar-refractivity contribution is -0.120. The Hall–Kier alpha value is -2.73. The van der Waals surface area contributed by atoms with E-state index in [0.717, 1.165) is 41.1 Å². The van der Waals surface area contributed by atoms with Gasteiger partial charge in [0.05, 0.1) is 32.1 Å². The number of hydrogen-bond donors (Lipinski definition) is 1. The summed E-state index contributed by atoms with van der Waals surface area (Å²) in [7, 11) is 1.62. The lowest BCUT2D eigenvalue weighted by Gasteiger charge is -2.33. The standard InChI is InChI=1S/C22H26N2O4/c1-26-17-7-8-18-16(15-28-21(18)13-17)12-22(25)23-14-19(20-6-5-11-27-20)24-9-3-2-4-10-24/h5-8,11,13,15,19H,2-4,9-10,12,14H2,1H3,(H,23,25)/t19-/m1/s1. The highest BCUT2D eigenvalue weighted by Gasteiger charge is 2.25. The minimum Gasteiger partial charge on any atom is -0.497 e. The number of rotatable bonds is 7. The zero-order chi connectivity index (χ0) is 19.3. The highest BCUT2D eigenvalue weighted by Crippen LogP contribution is 2.27. The molecule has 4 rings (SSSR count). The van der Waals surface area contributed by atoms with Crippen molar-refractivity contribution in [2.75, 3.05) is 26.7 Å². The third kappa shape index (κ3) is 4.07. The molecular weight excluding hydrogens is 356 g/mol. The first-order valence-electron chi connectivity index (χ1n) is 9.83. The number of likely N-dealkylation sites (tertiary alicyclic amines) is 1. The van der Waals surface area contributed by atoms with Crippen LogP contribution < -0.4 is 10.1 Å². The number of ether oxygens (including phenoxy) is 1. The summed E-state index contributed by atoms with van der Waals surface area (Å²) in [5.74, 6) is 1.62. The first kappa shape index (κ1) is 18.6. The van der Waals surface area contributed by atoms with Crippen LogP contribution in [0.15, 0.2) is 51.7 Å². The van der Waals surface area contributed by atoms with E-state index in [1.807, 2.05) is 30.3 Å². The predicted molar refractivity (Wildman–Crippen MR) is 106 cm³/mol. The number of amides is 1. The maximum absolute atomic E-state index is 12.6. The van der Waals surface area contributed by atoms with Crippen LogP contribution in [-0.4, -0.2) is 37.6 Å². The Labute approximate surface area is 164 Å². The number of hydrogen-bond acceptors (Lipinski definition) is 5. The predicted octanol–water partition coefficient (Wildman–Crippen LogP) is 3.92. The van der Waals surface area contributed by atoms with Gasteiger partial charge in [0.2, 0.25) is 5.91 Å². The van der Waals surface area contributed by atoms with Crippen LogP contribution in [0.25, 0.3) is 11.0 Å². The van der Waals surface area contributed by atoms with Gasteiger partial charge in [-0.3, -0.25) is 9.69 Å². The van der Waals surface area contributed by atoms with Gasteiger partial charge in [0.15, 0.2) is 0 Å².